The quantitative estimate of drug-likeness (QED) is 0.606. The van der Waals surface area contributed by atoms with Crippen LogP contribution in [0.15, 0.2) is 17.5 Å². The standard InChI is InChI=1S/C10H13NO3S/c1-14-9(12)5-4-7(11)10(13)8-3-2-6-15-8/h2-3,6-7H,4-5,11H2,1H3. The van der Waals surface area contributed by atoms with E-state index in [-0.39, 0.29) is 18.2 Å². The van der Waals surface area contributed by atoms with Crippen molar-refractivity contribution in [1.29, 1.82) is 0 Å². The minimum Gasteiger partial charge on any atom is -0.469 e. The van der Waals surface area contributed by atoms with Crippen LogP contribution in [0, 0.1) is 0 Å². The molecule has 1 heterocycles. The monoisotopic (exact) mass is 227 g/mol. The van der Waals surface area contributed by atoms with Crippen molar-refractivity contribution in [2.45, 2.75) is 18.9 Å². The van der Waals surface area contributed by atoms with Gasteiger partial charge in [-0.3, -0.25) is 9.59 Å². The third kappa shape index (κ3) is 3.45. The molecule has 1 rings (SSSR count). The molecule has 2 N–H and O–H groups in total. The highest BCUT2D eigenvalue weighted by atomic mass is 32.1. The molecule has 4 nitrogen and oxygen atoms in total. The average molecular weight is 227 g/mol. The zero-order valence-electron chi connectivity index (χ0n) is 8.43. The molecule has 15 heavy (non-hydrogen) atoms. The first-order valence-electron chi connectivity index (χ1n) is 4.55. The normalized spacial score (nSPS) is 12.1. The van der Waals surface area contributed by atoms with Crippen molar-refractivity contribution in [3.8, 4) is 0 Å². The Kier molecular flexibility index (Phi) is 4.45. The summed E-state index contributed by atoms with van der Waals surface area (Å²) in [4.78, 5) is 23.1. The molecule has 0 amide bonds. The minimum absolute atomic E-state index is 0.117. The number of rotatable bonds is 5. The maximum absolute atomic E-state index is 11.6. The van der Waals surface area contributed by atoms with Crippen molar-refractivity contribution >= 4 is 23.1 Å². The molecular weight excluding hydrogens is 214 g/mol. The molecule has 1 unspecified atom stereocenters. The van der Waals surface area contributed by atoms with E-state index < -0.39 is 6.04 Å². The number of ketones is 1. The van der Waals surface area contributed by atoms with Gasteiger partial charge in [-0.15, -0.1) is 11.3 Å². The molecule has 1 aromatic heterocycles. The zero-order chi connectivity index (χ0) is 11.3. The number of ether oxygens (including phenoxy) is 1. The lowest BCUT2D eigenvalue weighted by molar-refractivity contribution is -0.140. The fraction of sp³-hybridized carbons (Fsp3) is 0.400. The lowest BCUT2D eigenvalue weighted by Gasteiger charge is -2.07. The number of carbonyl (C=O) groups excluding carboxylic acids is 2. The molecule has 0 aromatic carbocycles. The molecule has 1 aromatic rings. The van der Waals surface area contributed by atoms with Gasteiger partial charge in [-0.05, 0) is 17.9 Å². The highest BCUT2D eigenvalue weighted by Gasteiger charge is 2.17. The summed E-state index contributed by atoms with van der Waals surface area (Å²) in [5.74, 6) is -0.460. The number of thiophene rings is 1. The molecule has 0 saturated carbocycles. The summed E-state index contributed by atoms with van der Waals surface area (Å²) in [6.07, 6.45) is 0.498. The van der Waals surface area contributed by atoms with Gasteiger partial charge in [0.2, 0.25) is 0 Å². The minimum atomic E-state index is -0.622. The molecule has 82 valence electrons. The Bertz CT molecular complexity index is 334. The van der Waals surface area contributed by atoms with Crippen LogP contribution in [0.2, 0.25) is 0 Å². The van der Waals surface area contributed by atoms with E-state index in [0.29, 0.717) is 11.3 Å². The molecule has 0 fully saturated rings. The molecule has 5 heteroatoms. The van der Waals surface area contributed by atoms with Gasteiger partial charge in [-0.25, -0.2) is 0 Å². The zero-order valence-corrected chi connectivity index (χ0v) is 9.25. The largest absolute Gasteiger partial charge is 0.469 e. The fourth-order valence-electron chi connectivity index (χ4n) is 1.11. The Morgan fingerprint density at radius 1 is 1.60 bits per heavy atom. The number of methoxy groups -OCH3 is 1. The van der Waals surface area contributed by atoms with Crippen LogP contribution in [0.5, 0.6) is 0 Å². The first-order chi connectivity index (χ1) is 7.15. The summed E-state index contributed by atoms with van der Waals surface area (Å²) in [5.41, 5.74) is 5.66. The number of nitrogens with two attached hydrogens (primary N) is 1. The molecule has 0 saturated heterocycles. The highest BCUT2D eigenvalue weighted by Crippen LogP contribution is 2.12. The van der Waals surface area contributed by atoms with Crippen LogP contribution in [0.25, 0.3) is 0 Å². The van der Waals surface area contributed by atoms with E-state index in [1.165, 1.54) is 18.4 Å². The molecular formula is C10H13NO3S. The molecule has 0 radical (unpaired) electrons. The number of Topliss-reactive ketones (excluding diaryl/α,β-unsaturated/α-hetero) is 1. The smallest absolute Gasteiger partial charge is 0.305 e. The van der Waals surface area contributed by atoms with E-state index in [9.17, 15) is 9.59 Å². The van der Waals surface area contributed by atoms with Gasteiger partial charge in [-0.1, -0.05) is 6.07 Å². The second kappa shape index (κ2) is 5.63. The molecule has 0 spiro atoms. The van der Waals surface area contributed by atoms with Gasteiger partial charge in [0.25, 0.3) is 0 Å². The van der Waals surface area contributed by atoms with Gasteiger partial charge in [0.05, 0.1) is 18.0 Å². The van der Waals surface area contributed by atoms with E-state index >= 15 is 0 Å². The average Bonchev–Trinajstić information content (AvgIpc) is 2.77. The van der Waals surface area contributed by atoms with Crippen LogP contribution in [-0.2, 0) is 9.53 Å². The molecule has 0 bridgehead atoms. The first kappa shape index (κ1) is 11.9. The van der Waals surface area contributed by atoms with Crippen LogP contribution < -0.4 is 5.73 Å². The summed E-state index contributed by atoms with van der Waals surface area (Å²) < 4.78 is 4.47. The lowest BCUT2D eigenvalue weighted by Crippen LogP contribution is -2.30. The number of esters is 1. The Morgan fingerprint density at radius 3 is 2.87 bits per heavy atom. The van der Waals surface area contributed by atoms with Gasteiger partial charge in [0.15, 0.2) is 5.78 Å². The van der Waals surface area contributed by atoms with Crippen molar-refractivity contribution in [1.82, 2.24) is 0 Å². The van der Waals surface area contributed by atoms with E-state index in [1.807, 2.05) is 5.38 Å². The summed E-state index contributed by atoms with van der Waals surface area (Å²) in [5, 5.41) is 1.82. The van der Waals surface area contributed by atoms with E-state index in [0.717, 1.165) is 0 Å². The summed E-state index contributed by atoms with van der Waals surface area (Å²) >= 11 is 1.35. The van der Waals surface area contributed by atoms with Crippen LogP contribution in [-0.4, -0.2) is 24.9 Å². The van der Waals surface area contributed by atoms with E-state index in [2.05, 4.69) is 4.74 Å². The van der Waals surface area contributed by atoms with Gasteiger partial charge < -0.3 is 10.5 Å². The van der Waals surface area contributed by atoms with Crippen LogP contribution in [0.1, 0.15) is 22.5 Å². The Labute approximate surface area is 92.0 Å². The topological polar surface area (TPSA) is 69.4 Å². The van der Waals surface area contributed by atoms with Gasteiger partial charge in [0, 0.05) is 6.42 Å². The van der Waals surface area contributed by atoms with Gasteiger partial charge in [-0.2, -0.15) is 0 Å². The highest BCUT2D eigenvalue weighted by molar-refractivity contribution is 7.12. The molecule has 1 atom stereocenters. The van der Waals surface area contributed by atoms with Crippen molar-refractivity contribution < 1.29 is 14.3 Å². The SMILES string of the molecule is COC(=O)CCC(N)C(=O)c1cccs1. The number of hydrogen-bond acceptors (Lipinski definition) is 5. The van der Waals surface area contributed by atoms with Crippen LogP contribution >= 0.6 is 11.3 Å². The predicted octanol–water partition coefficient (Wildman–Crippen LogP) is 1.21. The van der Waals surface area contributed by atoms with Gasteiger partial charge in [0.1, 0.15) is 0 Å². The Balaban J connectivity index is 2.44. The predicted molar refractivity (Wildman–Crippen MR) is 57.9 cm³/mol. The second-order valence-electron chi connectivity index (χ2n) is 3.06. The van der Waals surface area contributed by atoms with E-state index in [1.54, 1.807) is 12.1 Å². The molecule has 0 aliphatic rings. The lowest BCUT2D eigenvalue weighted by atomic mass is 10.1. The van der Waals surface area contributed by atoms with Crippen LogP contribution in [0.3, 0.4) is 0 Å². The maximum Gasteiger partial charge on any atom is 0.305 e. The molecule has 0 aliphatic heterocycles. The Morgan fingerprint density at radius 2 is 2.33 bits per heavy atom. The van der Waals surface area contributed by atoms with Gasteiger partial charge >= 0.3 is 5.97 Å². The summed E-state index contributed by atoms with van der Waals surface area (Å²) in [6, 6.07) is 2.90. The fourth-order valence-corrected chi connectivity index (χ4v) is 1.84. The maximum atomic E-state index is 11.6. The van der Waals surface area contributed by atoms with Crippen LogP contribution in [0.4, 0.5) is 0 Å². The third-order valence-corrected chi connectivity index (χ3v) is 2.87. The second-order valence-corrected chi connectivity index (χ2v) is 4.01. The van der Waals surface area contributed by atoms with Crippen molar-refractivity contribution in [3.63, 3.8) is 0 Å². The van der Waals surface area contributed by atoms with Crippen molar-refractivity contribution in [2.75, 3.05) is 7.11 Å². The number of hydrogen-bond donors (Lipinski definition) is 1. The van der Waals surface area contributed by atoms with E-state index in [4.69, 9.17) is 5.73 Å². The summed E-state index contributed by atoms with van der Waals surface area (Å²) in [7, 11) is 1.31. The third-order valence-electron chi connectivity index (χ3n) is 1.99. The first-order valence-corrected chi connectivity index (χ1v) is 5.43. The molecule has 0 aliphatic carbocycles. The Hall–Kier alpha value is -1.20. The number of carbonyl (C=O) groups is 2. The van der Waals surface area contributed by atoms with Crippen molar-refractivity contribution in [2.24, 2.45) is 5.73 Å². The summed E-state index contributed by atoms with van der Waals surface area (Å²) in [6.45, 7) is 0. The van der Waals surface area contributed by atoms with Crippen molar-refractivity contribution in [3.05, 3.63) is 22.4 Å².